The molecule has 0 heterocycles. The summed E-state index contributed by atoms with van der Waals surface area (Å²) < 4.78 is 13.5. The largest absolute Gasteiger partial charge is 0.353 e. The van der Waals surface area contributed by atoms with Gasteiger partial charge in [-0.3, -0.25) is 9.59 Å². The minimum absolute atomic E-state index is 0.0103. The van der Waals surface area contributed by atoms with Crippen LogP contribution in [0, 0.1) is 11.2 Å². The van der Waals surface area contributed by atoms with E-state index in [4.69, 9.17) is 0 Å². The average molecular weight is 294 g/mol. The summed E-state index contributed by atoms with van der Waals surface area (Å²) in [7, 11) is 0. The fourth-order valence-corrected chi connectivity index (χ4v) is 1.65. The number of rotatable bonds is 6. The number of amides is 2. The molecule has 0 aromatic heterocycles. The Hall–Kier alpha value is -1.91. The Morgan fingerprint density at radius 2 is 1.86 bits per heavy atom. The van der Waals surface area contributed by atoms with Crippen LogP contribution in [-0.4, -0.2) is 17.9 Å². The summed E-state index contributed by atoms with van der Waals surface area (Å²) in [5, 5.41) is 5.40. The molecule has 4 nitrogen and oxygen atoms in total. The van der Waals surface area contributed by atoms with Crippen LogP contribution in [0.4, 0.5) is 4.39 Å². The molecule has 0 fully saturated rings. The van der Waals surface area contributed by atoms with E-state index in [2.05, 4.69) is 10.6 Å². The van der Waals surface area contributed by atoms with Crippen molar-refractivity contribution in [1.29, 1.82) is 0 Å². The predicted octanol–water partition coefficient (Wildman–Crippen LogP) is 2.38. The van der Waals surface area contributed by atoms with Gasteiger partial charge in [-0.15, -0.1) is 0 Å². The van der Waals surface area contributed by atoms with E-state index < -0.39 is 11.3 Å². The smallest absolute Gasteiger partial charge is 0.235 e. The van der Waals surface area contributed by atoms with Gasteiger partial charge in [0.1, 0.15) is 11.2 Å². The Morgan fingerprint density at radius 3 is 2.43 bits per heavy atom. The van der Waals surface area contributed by atoms with Crippen molar-refractivity contribution in [3.05, 3.63) is 35.6 Å². The van der Waals surface area contributed by atoms with Gasteiger partial charge >= 0.3 is 0 Å². The molecule has 0 saturated heterocycles. The lowest BCUT2D eigenvalue weighted by molar-refractivity contribution is -0.141. The van der Waals surface area contributed by atoms with Crippen LogP contribution in [-0.2, 0) is 16.1 Å². The highest BCUT2D eigenvalue weighted by Gasteiger charge is 2.36. The van der Waals surface area contributed by atoms with Crippen LogP contribution >= 0.6 is 0 Å². The lowest BCUT2D eigenvalue weighted by Crippen LogP contribution is -2.49. The van der Waals surface area contributed by atoms with Crippen LogP contribution < -0.4 is 10.6 Å². The van der Waals surface area contributed by atoms with Crippen molar-refractivity contribution in [2.45, 2.75) is 46.7 Å². The Balaban J connectivity index is 2.65. The number of carbonyl (C=O) groups is 2. The summed E-state index contributed by atoms with van der Waals surface area (Å²) in [6, 6.07) is 6.23. The van der Waals surface area contributed by atoms with Crippen LogP contribution in [0.5, 0.6) is 0 Å². The number of carbonyl (C=O) groups excluding carboxylic acids is 2. The van der Waals surface area contributed by atoms with Gasteiger partial charge in [0.05, 0.1) is 0 Å². The monoisotopic (exact) mass is 294 g/mol. The van der Waals surface area contributed by atoms with Crippen LogP contribution in [0.1, 0.15) is 39.7 Å². The normalized spacial score (nSPS) is 12.6. The number of hydrogen-bond donors (Lipinski definition) is 2. The van der Waals surface area contributed by atoms with E-state index >= 15 is 0 Å². The molecule has 116 valence electrons. The maximum Gasteiger partial charge on any atom is 0.235 e. The van der Waals surface area contributed by atoms with Gasteiger partial charge in [0.2, 0.25) is 11.8 Å². The molecule has 2 amide bonds. The first-order chi connectivity index (χ1) is 9.78. The average Bonchev–Trinajstić information content (AvgIpc) is 2.45. The Kier molecular flexibility index (Phi) is 5.88. The van der Waals surface area contributed by atoms with Gasteiger partial charge in [0.15, 0.2) is 0 Å². The highest BCUT2D eigenvalue weighted by molar-refractivity contribution is 6.04. The molecule has 1 unspecified atom stereocenters. The zero-order valence-corrected chi connectivity index (χ0v) is 13.0. The maximum atomic E-state index is 13.5. The molecule has 0 spiro atoms. The van der Waals surface area contributed by atoms with Crippen molar-refractivity contribution >= 4 is 11.8 Å². The minimum Gasteiger partial charge on any atom is -0.353 e. The molecule has 0 bridgehead atoms. The molecule has 0 saturated carbocycles. The van der Waals surface area contributed by atoms with E-state index in [-0.39, 0.29) is 24.3 Å². The number of hydrogen-bond acceptors (Lipinski definition) is 2. The van der Waals surface area contributed by atoms with Crippen molar-refractivity contribution in [3.63, 3.8) is 0 Å². The van der Waals surface area contributed by atoms with Gasteiger partial charge in [-0.25, -0.2) is 4.39 Å². The molecular formula is C16H23FN2O2. The predicted molar refractivity (Wildman–Crippen MR) is 79.9 cm³/mol. The minimum atomic E-state index is -1.20. The Bertz CT molecular complexity index is 515. The molecule has 0 aliphatic heterocycles. The SMILES string of the molecule is CCC(C)NC(=O)C(C)(C)C(=O)NCc1ccccc1F. The lowest BCUT2D eigenvalue weighted by atomic mass is 9.90. The molecule has 0 aliphatic carbocycles. The van der Waals surface area contributed by atoms with Crippen LogP contribution in [0.15, 0.2) is 24.3 Å². The van der Waals surface area contributed by atoms with Crippen molar-refractivity contribution in [1.82, 2.24) is 10.6 Å². The van der Waals surface area contributed by atoms with Crippen LogP contribution in [0.3, 0.4) is 0 Å². The second-order valence-electron chi connectivity index (χ2n) is 5.68. The molecule has 1 atom stereocenters. The van der Waals surface area contributed by atoms with Gasteiger partial charge < -0.3 is 10.6 Å². The summed E-state index contributed by atoms with van der Waals surface area (Å²) >= 11 is 0. The summed E-state index contributed by atoms with van der Waals surface area (Å²) in [5.41, 5.74) is -0.807. The molecule has 2 N–H and O–H groups in total. The fraction of sp³-hybridized carbons (Fsp3) is 0.500. The van der Waals surface area contributed by atoms with E-state index in [1.165, 1.54) is 6.07 Å². The summed E-state index contributed by atoms with van der Waals surface area (Å²) in [6.45, 7) is 7.01. The molecular weight excluding hydrogens is 271 g/mol. The molecule has 0 radical (unpaired) electrons. The van der Waals surface area contributed by atoms with Gasteiger partial charge in [-0.2, -0.15) is 0 Å². The Morgan fingerprint density at radius 1 is 1.24 bits per heavy atom. The summed E-state index contributed by atoms with van der Waals surface area (Å²) in [5.74, 6) is -1.13. The lowest BCUT2D eigenvalue weighted by Gasteiger charge is -2.24. The summed E-state index contributed by atoms with van der Waals surface area (Å²) in [6.07, 6.45) is 0.790. The van der Waals surface area contributed by atoms with E-state index in [1.54, 1.807) is 32.0 Å². The first-order valence-electron chi connectivity index (χ1n) is 7.11. The van der Waals surface area contributed by atoms with Gasteiger partial charge in [-0.05, 0) is 33.3 Å². The topological polar surface area (TPSA) is 58.2 Å². The Labute approximate surface area is 125 Å². The fourth-order valence-electron chi connectivity index (χ4n) is 1.65. The van der Waals surface area contributed by atoms with E-state index in [9.17, 15) is 14.0 Å². The first-order valence-corrected chi connectivity index (χ1v) is 7.11. The maximum absolute atomic E-state index is 13.5. The highest BCUT2D eigenvalue weighted by Crippen LogP contribution is 2.17. The zero-order chi connectivity index (χ0) is 16.0. The van der Waals surface area contributed by atoms with Gasteiger partial charge in [-0.1, -0.05) is 25.1 Å². The zero-order valence-electron chi connectivity index (χ0n) is 13.0. The second kappa shape index (κ2) is 7.20. The van der Waals surface area contributed by atoms with Crippen molar-refractivity contribution < 1.29 is 14.0 Å². The van der Waals surface area contributed by atoms with Crippen molar-refractivity contribution in [2.75, 3.05) is 0 Å². The quantitative estimate of drug-likeness (QED) is 0.791. The molecule has 5 heteroatoms. The molecule has 1 aromatic carbocycles. The van der Waals surface area contributed by atoms with E-state index in [1.807, 2.05) is 13.8 Å². The van der Waals surface area contributed by atoms with Crippen molar-refractivity contribution in [2.24, 2.45) is 5.41 Å². The molecule has 0 aliphatic rings. The number of nitrogens with one attached hydrogen (secondary N) is 2. The molecule has 1 aromatic rings. The summed E-state index contributed by atoms with van der Waals surface area (Å²) in [4.78, 5) is 24.3. The van der Waals surface area contributed by atoms with E-state index in [0.29, 0.717) is 5.56 Å². The second-order valence-corrected chi connectivity index (χ2v) is 5.68. The third-order valence-electron chi connectivity index (χ3n) is 3.52. The number of benzene rings is 1. The standard InChI is InChI=1S/C16H23FN2O2/c1-5-11(2)19-15(21)16(3,4)14(20)18-10-12-8-6-7-9-13(12)17/h6-9,11H,5,10H2,1-4H3,(H,18,20)(H,19,21). The van der Waals surface area contributed by atoms with E-state index in [0.717, 1.165) is 6.42 Å². The molecule has 1 rings (SSSR count). The first kappa shape index (κ1) is 17.1. The van der Waals surface area contributed by atoms with Crippen LogP contribution in [0.25, 0.3) is 0 Å². The van der Waals surface area contributed by atoms with Crippen LogP contribution in [0.2, 0.25) is 0 Å². The van der Waals surface area contributed by atoms with Gasteiger partial charge in [0, 0.05) is 18.2 Å². The van der Waals surface area contributed by atoms with Crippen molar-refractivity contribution in [3.8, 4) is 0 Å². The third kappa shape index (κ3) is 4.55. The third-order valence-corrected chi connectivity index (χ3v) is 3.52. The molecule has 21 heavy (non-hydrogen) atoms. The van der Waals surface area contributed by atoms with Gasteiger partial charge in [0.25, 0.3) is 0 Å². The number of halogens is 1. The highest BCUT2D eigenvalue weighted by atomic mass is 19.1.